The molecule has 1 aliphatic carbocycles. The summed E-state index contributed by atoms with van der Waals surface area (Å²) >= 11 is 0. The number of carbonyl (C=O) groups is 2. The number of likely N-dealkylation sites (tertiary alicyclic amines) is 1. The van der Waals surface area contributed by atoms with Crippen LogP contribution in [0.25, 0.3) is 0 Å². The van der Waals surface area contributed by atoms with Crippen molar-refractivity contribution in [2.75, 3.05) is 19.7 Å². The summed E-state index contributed by atoms with van der Waals surface area (Å²) in [6.45, 7) is 6.25. The normalized spacial score (nSPS) is 17.2. The lowest BCUT2D eigenvalue weighted by Crippen LogP contribution is -2.43. The summed E-state index contributed by atoms with van der Waals surface area (Å²) in [6.07, 6.45) is 2.46. The first kappa shape index (κ1) is 24.0. The second kappa shape index (κ2) is 10.5. The van der Waals surface area contributed by atoms with Crippen molar-refractivity contribution in [2.45, 2.75) is 51.5 Å². The number of piperidine rings is 1. The van der Waals surface area contributed by atoms with Gasteiger partial charge in [-0.2, -0.15) is 0 Å². The third-order valence-corrected chi connectivity index (χ3v) is 7.37. The third kappa shape index (κ3) is 4.85. The topological polar surface area (TPSA) is 71.5 Å². The SMILES string of the molecule is CCOc1ccccc1CNC(=O)c1ccc(C)nc1C1CCN(C(=O)C2Cc3ccccc32)CC1. The second-order valence-electron chi connectivity index (χ2n) is 9.66. The average molecular weight is 484 g/mol. The van der Waals surface area contributed by atoms with E-state index in [1.165, 1.54) is 11.1 Å². The summed E-state index contributed by atoms with van der Waals surface area (Å²) in [7, 11) is 0. The number of fused-ring (bicyclic) bond motifs is 1. The number of amides is 2. The van der Waals surface area contributed by atoms with Crippen LogP contribution >= 0.6 is 0 Å². The van der Waals surface area contributed by atoms with Crippen LogP contribution in [0.4, 0.5) is 0 Å². The Kier molecular flexibility index (Phi) is 7.03. The fraction of sp³-hybridized carbons (Fsp3) is 0.367. The van der Waals surface area contributed by atoms with E-state index >= 15 is 0 Å². The first-order chi connectivity index (χ1) is 17.5. The summed E-state index contributed by atoms with van der Waals surface area (Å²) in [5.41, 5.74) is 5.76. The number of nitrogens with zero attached hydrogens (tertiary/aromatic N) is 2. The molecule has 36 heavy (non-hydrogen) atoms. The van der Waals surface area contributed by atoms with E-state index in [1.54, 1.807) is 0 Å². The smallest absolute Gasteiger partial charge is 0.253 e. The number of hydrogen-bond donors (Lipinski definition) is 1. The third-order valence-electron chi connectivity index (χ3n) is 7.37. The molecule has 0 spiro atoms. The highest BCUT2D eigenvalue weighted by atomic mass is 16.5. The van der Waals surface area contributed by atoms with E-state index in [2.05, 4.69) is 17.4 Å². The maximum atomic E-state index is 13.2. The van der Waals surface area contributed by atoms with Crippen LogP contribution in [0.5, 0.6) is 5.75 Å². The molecule has 0 radical (unpaired) electrons. The lowest BCUT2D eigenvalue weighted by molar-refractivity contribution is -0.134. The molecular formula is C30H33N3O3. The van der Waals surface area contributed by atoms with Gasteiger partial charge in [-0.3, -0.25) is 14.6 Å². The Morgan fingerprint density at radius 3 is 2.56 bits per heavy atom. The minimum atomic E-state index is -0.131. The van der Waals surface area contributed by atoms with Gasteiger partial charge >= 0.3 is 0 Å². The molecule has 6 nitrogen and oxygen atoms in total. The highest BCUT2D eigenvalue weighted by Gasteiger charge is 2.36. The van der Waals surface area contributed by atoms with Gasteiger partial charge in [0, 0.05) is 36.8 Å². The predicted octanol–water partition coefficient (Wildman–Crippen LogP) is 4.76. The van der Waals surface area contributed by atoms with Gasteiger partial charge in [0.25, 0.3) is 5.91 Å². The minimum Gasteiger partial charge on any atom is -0.494 e. The maximum Gasteiger partial charge on any atom is 0.253 e. The van der Waals surface area contributed by atoms with Gasteiger partial charge in [0.2, 0.25) is 5.91 Å². The molecule has 0 bridgehead atoms. The van der Waals surface area contributed by atoms with Crippen LogP contribution in [0.2, 0.25) is 0 Å². The van der Waals surface area contributed by atoms with Crippen molar-refractivity contribution in [1.82, 2.24) is 15.2 Å². The summed E-state index contributed by atoms with van der Waals surface area (Å²) in [6, 6.07) is 19.7. The lowest BCUT2D eigenvalue weighted by Gasteiger charge is -2.38. The summed E-state index contributed by atoms with van der Waals surface area (Å²) in [4.78, 5) is 33.2. The number of hydrogen-bond acceptors (Lipinski definition) is 4. The maximum absolute atomic E-state index is 13.2. The number of nitrogens with one attached hydrogen (secondary N) is 1. The van der Waals surface area contributed by atoms with Crippen LogP contribution in [0.3, 0.4) is 0 Å². The lowest BCUT2D eigenvalue weighted by atomic mass is 9.76. The number of para-hydroxylation sites is 1. The minimum absolute atomic E-state index is 0.00394. The number of rotatable bonds is 7. The van der Waals surface area contributed by atoms with Crippen LogP contribution in [-0.2, 0) is 17.8 Å². The monoisotopic (exact) mass is 483 g/mol. The molecule has 6 heteroatoms. The van der Waals surface area contributed by atoms with E-state index in [9.17, 15) is 9.59 Å². The van der Waals surface area contributed by atoms with Crippen molar-refractivity contribution in [1.29, 1.82) is 0 Å². The Morgan fingerprint density at radius 2 is 1.78 bits per heavy atom. The Morgan fingerprint density at radius 1 is 1.03 bits per heavy atom. The summed E-state index contributed by atoms with van der Waals surface area (Å²) in [5, 5.41) is 3.06. The largest absolute Gasteiger partial charge is 0.494 e. The van der Waals surface area contributed by atoms with Crippen molar-refractivity contribution in [3.05, 3.63) is 94.3 Å². The molecule has 1 aliphatic heterocycles. The van der Waals surface area contributed by atoms with Crippen molar-refractivity contribution < 1.29 is 14.3 Å². The molecule has 3 aromatic rings. The van der Waals surface area contributed by atoms with Gasteiger partial charge in [0.15, 0.2) is 0 Å². The number of ether oxygens (including phenoxy) is 1. The predicted molar refractivity (Wildman–Crippen MR) is 139 cm³/mol. The number of pyridine rings is 1. The van der Waals surface area contributed by atoms with Crippen molar-refractivity contribution in [3.8, 4) is 5.75 Å². The Bertz CT molecular complexity index is 1260. The zero-order chi connectivity index (χ0) is 25.1. The first-order valence-electron chi connectivity index (χ1n) is 12.9. The Labute approximate surface area is 212 Å². The van der Waals surface area contributed by atoms with Gasteiger partial charge < -0.3 is 15.0 Å². The zero-order valence-corrected chi connectivity index (χ0v) is 21.0. The van der Waals surface area contributed by atoms with Crippen molar-refractivity contribution in [2.24, 2.45) is 0 Å². The van der Waals surface area contributed by atoms with Gasteiger partial charge in [-0.25, -0.2) is 0 Å². The van der Waals surface area contributed by atoms with Gasteiger partial charge in [-0.15, -0.1) is 0 Å². The zero-order valence-electron chi connectivity index (χ0n) is 21.0. The molecule has 0 saturated carbocycles. The average Bonchev–Trinajstić information content (AvgIpc) is 2.89. The van der Waals surface area contributed by atoms with E-state index in [-0.39, 0.29) is 23.7 Å². The molecule has 1 aromatic heterocycles. The molecule has 2 heterocycles. The fourth-order valence-electron chi connectivity index (χ4n) is 5.37. The standard InChI is InChI=1S/C30H33N3O3/c1-3-36-27-11-7-5-9-23(27)19-31-29(34)25-13-12-20(2)32-28(25)21-14-16-33(17-15-21)30(35)26-18-22-8-4-6-10-24(22)26/h4-13,21,26H,3,14-19H2,1-2H3,(H,31,34). The van der Waals surface area contributed by atoms with Crippen molar-refractivity contribution >= 4 is 11.8 Å². The van der Waals surface area contributed by atoms with Gasteiger partial charge in [-0.1, -0.05) is 42.5 Å². The highest BCUT2D eigenvalue weighted by Crippen LogP contribution is 2.38. The Balaban J connectivity index is 1.24. The molecule has 2 amide bonds. The van der Waals surface area contributed by atoms with E-state index in [1.807, 2.05) is 67.3 Å². The summed E-state index contributed by atoms with van der Waals surface area (Å²) in [5.74, 6) is 1.03. The number of carbonyl (C=O) groups excluding carboxylic acids is 2. The Hall–Kier alpha value is -3.67. The van der Waals surface area contributed by atoms with E-state index in [0.717, 1.165) is 42.0 Å². The van der Waals surface area contributed by atoms with E-state index in [0.29, 0.717) is 31.8 Å². The molecule has 1 atom stereocenters. The number of benzene rings is 2. The van der Waals surface area contributed by atoms with Crippen LogP contribution in [0.1, 0.15) is 70.0 Å². The molecule has 186 valence electrons. The number of aromatic nitrogens is 1. The summed E-state index contributed by atoms with van der Waals surface area (Å²) < 4.78 is 5.69. The van der Waals surface area contributed by atoms with Gasteiger partial charge in [0.1, 0.15) is 5.75 Å². The molecule has 2 aliphatic rings. The first-order valence-corrected chi connectivity index (χ1v) is 12.9. The fourth-order valence-corrected chi connectivity index (χ4v) is 5.37. The molecule has 1 saturated heterocycles. The van der Waals surface area contributed by atoms with Crippen LogP contribution in [-0.4, -0.2) is 41.4 Å². The molecule has 1 unspecified atom stereocenters. The molecule has 2 aromatic carbocycles. The number of aryl methyl sites for hydroxylation is 1. The van der Waals surface area contributed by atoms with Crippen LogP contribution in [0, 0.1) is 6.92 Å². The quantitative estimate of drug-likeness (QED) is 0.526. The molecule has 1 N–H and O–H groups in total. The van der Waals surface area contributed by atoms with Crippen LogP contribution in [0.15, 0.2) is 60.7 Å². The molecule has 5 rings (SSSR count). The molecule has 1 fully saturated rings. The highest BCUT2D eigenvalue weighted by molar-refractivity contribution is 5.95. The van der Waals surface area contributed by atoms with Crippen molar-refractivity contribution in [3.63, 3.8) is 0 Å². The second-order valence-corrected chi connectivity index (χ2v) is 9.66. The van der Waals surface area contributed by atoms with Gasteiger partial charge in [-0.05, 0) is 62.4 Å². The molecular weight excluding hydrogens is 450 g/mol. The van der Waals surface area contributed by atoms with Gasteiger partial charge in [0.05, 0.1) is 23.8 Å². The van der Waals surface area contributed by atoms with Crippen LogP contribution < -0.4 is 10.1 Å². The van der Waals surface area contributed by atoms with E-state index < -0.39 is 0 Å². The van der Waals surface area contributed by atoms with E-state index in [4.69, 9.17) is 9.72 Å².